The fourth-order valence-electron chi connectivity index (χ4n) is 2.48. The highest BCUT2D eigenvalue weighted by Crippen LogP contribution is 2.34. The number of unbranched alkanes of at least 4 members (excludes halogenated alkanes) is 2. The molecular formula is C16H22N4O. The highest BCUT2D eigenvalue weighted by atomic mass is 16.1. The van der Waals surface area contributed by atoms with Crippen LogP contribution in [0.3, 0.4) is 0 Å². The Morgan fingerprint density at radius 1 is 1.48 bits per heavy atom. The first-order chi connectivity index (χ1) is 9.97. The number of anilines is 1. The van der Waals surface area contributed by atoms with Gasteiger partial charge in [0.15, 0.2) is 5.78 Å². The van der Waals surface area contributed by atoms with Crippen molar-refractivity contribution in [2.45, 2.75) is 53.0 Å². The first-order valence-electron chi connectivity index (χ1n) is 7.46. The van der Waals surface area contributed by atoms with Crippen LogP contribution in [0.25, 0.3) is 0 Å². The lowest BCUT2D eigenvalue weighted by molar-refractivity contribution is -0.121. The zero-order valence-corrected chi connectivity index (χ0v) is 12.9. The molecule has 0 unspecified atom stereocenters. The number of carbonyl (C=O) groups is 1. The van der Waals surface area contributed by atoms with Gasteiger partial charge < -0.3 is 5.32 Å². The first-order valence-corrected chi connectivity index (χ1v) is 7.46. The van der Waals surface area contributed by atoms with Crippen LogP contribution in [-0.4, -0.2) is 15.6 Å². The van der Waals surface area contributed by atoms with Crippen LogP contribution < -0.4 is 5.32 Å². The number of nitrogens with one attached hydrogen (secondary N) is 1. The molecule has 1 heterocycles. The van der Waals surface area contributed by atoms with E-state index in [4.69, 9.17) is 0 Å². The van der Waals surface area contributed by atoms with E-state index in [-0.39, 0.29) is 11.2 Å². The molecule has 5 nitrogen and oxygen atoms in total. The normalized spacial score (nSPS) is 16.7. The number of nitriles is 1. The minimum Gasteiger partial charge on any atom is -0.343 e. The SMILES string of the molecule is CCCCCn1ncc(C#N)c1NC1=CC(=O)C(C)(C)C1. The maximum Gasteiger partial charge on any atom is 0.163 e. The number of ketones is 1. The summed E-state index contributed by atoms with van der Waals surface area (Å²) in [5.74, 6) is 0.825. The molecule has 0 radical (unpaired) electrons. The predicted octanol–water partition coefficient (Wildman–Crippen LogP) is 3.24. The van der Waals surface area contributed by atoms with Crippen molar-refractivity contribution in [2.75, 3.05) is 5.32 Å². The minimum absolute atomic E-state index is 0.126. The Labute approximate surface area is 125 Å². The Hall–Kier alpha value is -2.09. The lowest BCUT2D eigenvalue weighted by atomic mass is 9.89. The molecule has 0 atom stereocenters. The summed E-state index contributed by atoms with van der Waals surface area (Å²) in [6.07, 6.45) is 7.19. The van der Waals surface area contributed by atoms with Crippen molar-refractivity contribution in [1.82, 2.24) is 9.78 Å². The molecule has 1 aliphatic carbocycles. The summed E-state index contributed by atoms with van der Waals surface area (Å²) < 4.78 is 1.82. The third-order valence-corrected chi connectivity index (χ3v) is 3.82. The Bertz CT molecular complexity index is 604. The number of hydrogen-bond donors (Lipinski definition) is 1. The van der Waals surface area contributed by atoms with Crippen molar-refractivity contribution in [3.8, 4) is 6.07 Å². The van der Waals surface area contributed by atoms with E-state index >= 15 is 0 Å². The molecule has 0 saturated heterocycles. The fourth-order valence-corrected chi connectivity index (χ4v) is 2.48. The maximum atomic E-state index is 11.9. The van der Waals surface area contributed by atoms with Crippen molar-refractivity contribution in [3.05, 3.63) is 23.5 Å². The smallest absolute Gasteiger partial charge is 0.163 e. The van der Waals surface area contributed by atoms with Crippen LogP contribution in [0.15, 0.2) is 18.0 Å². The molecule has 0 saturated carbocycles. The number of allylic oxidation sites excluding steroid dienone is 2. The van der Waals surface area contributed by atoms with E-state index in [0.717, 1.165) is 31.5 Å². The van der Waals surface area contributed by atoms with Gasteiger partial charge in [0.1, 0.15) is 17.5 Å². The van der Waals surface area contributed by atoms with E-state index in [1.165, 1.54) is 0 Å². The topological polar surface area (TPSA) is 70.7 Å². The van der Waals surface area contributed by atoms with Gasteiger partial charge >= 0.3 is 0 Å². The van der Waals surface area contributed by atoms with Crippen molar-refractivity contribution in [3.63, 3.8) is 0 Å². The lowest BCUT2D eigenvalue weighted by Crippen LogP contribution is -2.17. The summed E-state index contributed by atoms with van der Waals surface area (Å²) in [4.78, 5) is 11.9. The molecule has 2 rings (SSSR count). The number of nitrogens with zero attached hydrogens (tertiary/aromatic N) is 3. The van der Waals surface area contributed by atoms with Gasteiger partial charge in [0.25, 0.3) is 0 Å². The zero-order chi connectivity index (χ0) is 15.5. The second-order valence-corrected chi connectivity index (χ2v) is 6.17. The Morgan fingerprint density at radius 2 is 2.24 bits per heavy atom. The molecule has 5 heteroatoms. The van der Waals surface area contributed by atoms with Crippen LogP contribution in [0.2, 0.25) is 0 Å². The largest absolute Gasteiger partial charge is 0.343 e. The molecule has 0 fully saturated rings. The number of aromatic nitrogens is 2. The zero-order valence-electron chi connectivity index (χ0n) is 12.9. The molecule has 112 valence electrons. The molecule has 1 aliphatic rings. The van der Waals surface area contributed by atoms with Gasteiger partial charge in [-0.25, -0.2) is 4.68 Å². The third-order valence-electron chi connectivity index (χ3n) is 3.82. The standard InChI is InChI=1S/C16H22N4O/c1-4-5-6-7-20-15(12(10-17)11-18-20)19-13-8-14(21)16(2,3)9-13/h8,11,19H,4-7,9H2,1-3H3. The molecular weight excluding hydrogens is 264 g/mol. The quantitative estimate of drug-likeness (QED) is 0.815. The van der Waals surface area contributed by atoms with Gasteiger partial charge in [0.2, 0.25) is 0 Å². The van der Waals surface area contributed by atoms with Gasteiger partial charge in [-0.15, -0.1) is 0 Å². The Balaban J connectivity index is 2.16. The second-order valence-electron chi connectivity index (χ2n) is 6.17. The maximum absolute atomic E-state index is 11.9. The number of aryl methyl sites for hydroxylation is 1. The molecule has 0 spiro atoms. The highest BCUT2D eigenvalue weighted by Gasteiger charge is 2.33. The highest BCUT2D eigenvalue weighted by molar-refractivity contribution is 5.98. The minimum atomic E-state index is -0.359. The number of rotatable bonds is 6. The molecule has 0 amide bonds. The van der Waals surface area contributed by atoms with Crippen molar-refractivity contribution in [1.29, 1.82) is 5.26 Å². The van der Waals surface area contributed by atoms with E-state index < -0.39 is 0 Å². The molecule has 0 aliphatic heterocycles. The second kappa shape index (κ2) is 6.13. The summed E-state index contributed by atoms with van der Waals surface area (Å²) in [5, 5.41) is 16.7. The van der Waals surface area contributed by atoms with Crippen molar-refractivity contribution < 1.29 is 4.79 Å². The van der Waals surface area contributed by atoms with E-state index in [2.05, 4.69) is 23.4 Å². The van der Waals surface area contributed by atoms with Gasteiger partial charge in [-0.3, -0.25) is 4.79 Å². The molecule has 1 aromatic rings. The lowest BCUT2D eigenvalue weighted by Gasteiger charge is -2.16. The van der Waals surface area contributed by atoms with E-state index in [9.17, 15) is 10.1 Å². The van der Waals surface area contributed by atoms with E-state index in [1.54, 1.807) is 12.3 Å². The molecule has 1 N–H and O–H groups in total. The Kier molecular flexibility index (Phi) is 4.46. The van der Waals surface area contributed by atoms with Crippen LogP contribution in [0, 0.1) is 16.7 Å². The van der Waals surface area contributed by atoms with Crippen molar-refractivity contribution in [2.24, 2.45) is 5.41 Å². The van der Waals surface area contributed by atoms with Crippen LogP contribution in [0.5, 0.6) is 0 Å². The van der Waals surface area contributed by atoms with Crippen LogP contribution in [-0.2, 0) is 11.3 Å². The van der Waals surface area contributed by atoms with Gasteiger partial charge in [0.05, 0.1) is 6.20 Å². The predicted molar refractivity (Wildman–Crippen MR) is 81.6 cm³/mol. The number of carbonyl (C=O) groups excluding carboxylic acids is 1. The average Bonchev–Trinajstić information content (AvgIpc) is 2.92. The number of hydrogen-bond acceptors (Lipinski definition) is 4. The monoisotopic (exact) mass is 286 g/mol. The van der Waals surface area contributed by atoms with Gasteiger partial charge in [-0.1, -0.05) is 33.6 Å². The van der Waals surface area contributed by atoms with Crippen LogP contribution in [0.1, 0.15) is 52.0 Å². The van der Waals surface area contributed by atoms with E-state index in [0.29, 0.717) is 17.8 Å². The van der Waals surface area contributed by atoms with E-state index in [1.807, 2.05) is 18.5 Å². The van der Waals surface area contributed by atoms with Crippen LogP contribution in [0.4, 0.5) is 5.82 Å². The van der Waals surface area contributed by atoms with Crippen molar-refractivity contribution >= 4 is 11.6 Å². The van der Waals surface area contributed by atoms with Gasteiger partial charge in [0, 0.05) is 23.7 Å². The molecule has 0 aromatic carbocycles. The first kappa shape index (κ1) is 15.3. The summed E-state index contributed by atoms with van der Waals surface area (Å²) >= 11 is 0. The van der Waals surface area contributed by atoms with Gasteiger partial charge in [-0.05, 0) is 12.8 Å². The molecule has 21 heavy (non-hydrogen) atoms. The third kappa shape index (κ3) is 3.33. The molecule has 1 aromatic heterocycles. The average molecular weight is 286 g/mol. The summed E-state index contributed by atoms with van der Waals surface area (Å²) in [7, 11) is 0. The summed E-state index contributed by atoms with van der Waals surface area (Å²) in [6, 6.07) is 2.15. The molecule has 0 bridgehead atoms. The Morgan fingerprint density at radius 3 is 2.81 bits per heavy atom. The van der Waals surface area contributed by atoms with Gasteiger partial charge in [-0.2, -0.15) is 10.4 Å². The van der Waals surface area contributed by atoms with Crippen LogP contribution >= 0.6 is 0 Å². The summed E-state index contributed by atoms with van der Waals surface area (Å²) in [6.45, 7) is 6.80. The summed E-state index contributed by atoms with van der Waals surface area (Å²) in [5.41, 5.74) is 1.02. The fraction of sp³-hybridized carbons (Fsp3) is 0.562.